The van der Waals surface area contributed by atoms with Gasteiger partial charge in [-0.05, 0) is 25.0 Å². The second-order valence-electron chi connectivity index (χ2n) is 4.76. The topological polar surface area (TPSA) is 91.2 Å². The monoisotopic (exact) mass is 321 g/mol. The molecule has 0 unspecified atom stereocenters. The Morgan fingerprint density at radius 1 is 1.27 bits per heavy atom. The number of anilines is 2. The fourth-order valence-corrected chi connectivity index (χ4v) is 2.67. The molecular weight excluding hydrogens is 302 g/mol. The number of carbonyl (C=O) groups is 1. The molecule has 2 aromatic rings. The van der Waals surface area contributed by atoms with Crippen molar-refractivity contribution in [1.29, 1.82) is 0 Å². The first-order valence-electron chi connectivity index (χ1n) is 7.19. The third kappa shape index (κ3) is 5.05. The van der Waals surface area contributed by atoms with Crippen LogP contribution in [0.1, 0.15) is 32.1 Å². The summed E-state index contributed by atoms with van der Waals surface area (Å²) in [7, 11) is 0. The molecule has 118 valence electrons. The zero-order chi connectivity index (χ0) is 15.6. The van der Waals surface area contributed by atoms with Crippen molar-refractivity contribution in [3.8, 4) is 0 Å². The number of aromatic nitrogens is 3. The smallest absolute Gasteiger partial charge is 0.243 e. The molecule has 22 heavy (non-hydrogen) atoms. The van der Waals surface area contributed by atoms with Crippen LogP contribution in [-0.4, -0.2) is 32.8 Å². The molecule has 2 heterocycles. The highest BCUT2D eigenvalue weighted by Gasteiger charge is 2.12. The summed E-state index contributed by atoms with van der Waals surface area (Å²) in [6.07, 6.45) is 5.81. The average Bonchev–Trinajstić information content (AvgIpc) is 3.09. The lowest BCUT2D eigenvalue weighted by Gasteiger charge is -2.20. The highest BCUT2D eigenvalue weighted by molar-refractivity contribution is 7.13. The van der Waals surface area contributed by atoms with E-state index in [1.165, 1.54) is 11.3 Å². The molecule has 0 radical (unpaired) electrons. The lowest BCUT2D eigenvalue weighted by molar-refractivity contribution is -0.129. The maximum Gasteiger partial charge on any atom is 0.243 e. The summed E-state index contributed by atoms with van der Waals surface area (Å²) in [6, 6.07) is 5.78. The highest BCUT2D eigenvalue weighted by atomic mass is 32.1. The van der Waals surface area contributed by atoms with E-state index in [2.05, 4.69) is 20.1 Å². The lowest BCUT2D eigenvalue weighted by Crippen LogP contribution is -2.19. The van der Waals surface area contributed by atoms with Crippen molar-refractivity contribution in [2.75, 3.05) is 11.4 Å². The first-order chi connectivity index (χ1) is 10.8. The first kappa shape index (κ1) is 16.3. The SMILES string of the molecule is O=C(CCCCCCN(c1ccccn1)c1nncs1)NO. The number of nitrogens with one attached hydrogen (secondary N) is 1. The van der Waals surface area contributed by atoms with Crippen molar-refractivity contribution < 1.29 is 10.0 Å². The van der Waals surface area contributed by atoms with Crippen molar-refractivity contribution in [3.63, 3.8) is 0 Å². The maximum absolute atomic E-state index is 10.9. The van der Waals surface area contributed by atoms with Gasteiger partial charge in [0, 0.05) is 19.2 Å². The van der Waals surface area contributed by atoms with Crippen LogP contribution in [0.2, 0.25) is 0 Å². The van der Waals surface area contributed by atoms with E-state index in [4.69, 9.17) is 5.21 Å². The van der Waals surface area contributed by atoms with Crippen LogP contribution in [0, 0.1) is 0 Å². The van der Waals surface area contributed by atoms with Crippen LogP contribution in [0.3, 0.4) is 0 Å². The van der Waals surface area contributed by atoms with Gasteiger partial charge in [-0.15, -0.1) is 10.2 Å². The van der Waals surface area contributed by atoms with Gasteiger partial charge in [0.25, 0.3) is 0 Å². The minimum atomic E-state index is -0.330. The van der Waals surface area contributed by atoms with E-state index >= 15 is 0 Å². The van der Waals surface area contributed by atoms with Gasteiger partial charge < -0.3 is 4.90 Å². The van der Waals surface area contributed by atoms with Crippen LogP contribution >= 0.6 is 11.3 Å². The number of hydroxylamine groups is 1. The molecule has 0 atom stereocenters. The number of pyridine rings is 1. The van der Waals surface area contributed by atoms with E-state index in [0.29, 0.717) is 6.42 Å². The normalized spacial score (nSPS) is 10.4. The second kappa shape index (κ2) is 9.06. The third-order valence-corrected chi connectivity index (χ3v) is 3.88. The van der Waals surface area contributed by atoms with Gasteiger partial charge in [-0.1, -0.05) is 30.2 Å². The number of hydrogen-bond acceptors (Lipinski definition) is 7. The summed E-state index contributed by atoms with van der Waals surface area (Å²) in [4.78, 5) is 17.3. The molecule has 0 bridgehead atoms. The molecule has 0 spiro atoms. The molecule has 0 aromatic carbocycles. The Morgan fingerprint density at radius 2 is 2.14 bits per heavy atom. The zero-order valence-corrected chi connectivity index (χ0v) is 13.0. The van der Waals surface area contributed by atoms with Gasteiger partial charge in [0.2, 0.25) is 11.0 Å². The summed E-state index contributed by atoms with van der Waals surface area (Å²) in [5, 5.41) is 17.3. The minimum absolute atomic E-state index is 0.330. The summed E-state index contributed by atoms with van der Waals surface area (Å²) in [6.45, 7) is 0.804. The van der Waals surface area contributed by atoms with Gasteiger partial charge in [0.1, 0.15) is 11.3 Å². The summed E-state index contributed by atoms with van der Waals surface area (Å²) >= 11 is 1.48. The Hall–Kier alpha value is -2.06. The zero-order valence-electron chi connectivity index (χ0n) is 12.2. The summed E-state index contributed by atoms with van der Waals surface area (Å²) in [5.74, 6) is 0.530. The standard InChI is InChI=1S/C14H19N5O2S/c20-13(18-21)8-3-1-2-6-10-19(14-17-16-11-22-14)12-7-4-5-9-15-12/h4-5,7,9,11,21H,1-3,6,8,10H2,(H,18,20). The molecule has 0 aliphatic rings. The van der Waals surface area contributed by atoms with Crippen molar-refractivity contribution in [1.82, 2.24) is 20.7 Å². The fraction of sp³-hybridized carbons (Fsp3) is 0.429. The Morgan fingerprint density at radius 3 is 2.82 bits per heavy atom. The predicted octanol–water partition coefficient (Wildman–Crippen LogP) is 2.53. The van der Waals surface area contributed by atoms with Gasteiger partial charge in [-0.3, -0.25) is 10.0 Å². The second-order valence-corrected chi connectivity index (χ2v) is 5.57. The molecule has 0 aliphatic carbocycles. The van der Waals surface area contributed by atoms with Crippen LogP contribution < -0.4 is 10.4 Å². The van der Waals surface area contributed by atoms with Gasteiger partial charge in [0.05, 0.1) is 0 Å². The van der Waals surface area contributed by atoms with Crippen LogP contribution in [0.25, 0.3) is 0 Å². The predicted molar refractivity (Wildman–Crippen MR) is 84.2 cm³/mol. The van der Waals surface area contributed by atoms with E-state index in [1.807, 2.05) is 18.2 Å². The van der Waals surface area contributed by atoms with Crippen LogP contribution in [0.5, 0.6) is 0 Å². The molecule has 7 nitrogen and oxygen atoms in total. The quantitative estimate of drug-likeness (QED) is 0.419. The number of carbonyl (C=O) groups excluding carboxylic acids is 1. The van der Waals surface area contributed by atoms with Crippen LogP contribution in [-0.2, 0) is 4.79 Å². The van der Waals surface area contributed by atoms with E-state index in [1.54, 1.807) is 17.2 Å². The molecular formula is C14H19N5O2S. The van der Waals surface area contributed by atoms with Crippen LogP contribution in [0.4, 0.5) is 10.9 Å². The molecule has 8 heteroatoms. The minimum Gasteiger partial charge on any atom is -0.301 e. The molecule has 0 saturated heterocycles. The van der Waals surface area contributed by atoms with Crippen LogP contribution in [0.15, 0.2) is 29.9 Å². The van der Waals surface area contributed by atoms with Crippen molar-refractivity contribution in [2.24, 2.45) is 0 Å². The van der Waals surface area contributed by atoms with Crippen molar-refractivity contribution in [3.05, 3.63) is 29.9 Å². The Balaban J connectivity index is 1.80. The number of unbranched alkanes of at least 4 members (excludes halogenated alkanes) is 3. The molecule has 2 N–H and O–H groups in total. The van der Waals surface area contributed by atoms with Gasteiger partial charge >= 0.3 is 0 Å². The molecule has 0 saturated carbocycles. The number of rotatable bonds is 9. The van der Waals surface area contributed by atoms with Crippen molar-refractivity contribution >= 4 is 28.2 Å². The molecule has 0 fully saturated rings. The number of hydrogen-bond donors (Lipinski definition) is 2. The van der Waals surface area contributed by atoms with E-state index in [9.17, 15) is 4.79 Å². The van der Waals surface area contributed by atoms with E-state index < -0.39 is 0 Å². The fourth-order valence-electron chi connectivity index (χ4n) is 2.07. The first-order valence-corrected chi connectivity index (χ1v) is 8.07. The number of nitrogens with zero attached hydrogens (tertiary/aromatic N) is 4. The molecule has 1 amide bonds. The van der Waals surface area contributed by atoms with Gasteiger partial charge in [-0.25, -0.2) is 10.5 Å². The third-order valence-electron chi connectivity index (χ3n) is 3.17. The van der Waals surface area contributed by atoms with E-state index in [-0.39, 0.29) is 5.91 Å². The van der Waals surface area contributed by atoms with E-state index in [0.717, 1.165) is 43.2 Å². The molecule has 0 aliphatic heterocycles. The average molecular weight is 321 g/mol. The summed E-state index contributed by atoms with van der Waals surface area (Å²) < 4.78 is 0. The Kier molecular flexibility index (Phi) is 6.72. The Bertz CT molecular complexity index is 550. The highest BCUT2D eigenvalue weighted by Crippen LogP contribution is 2.24. The molecule has 2 rings (SSSR count). The summed E-state index contributed by atoms with van der Waals surface area (Å²) in [5.41, 5.74) is 3.35. The van der Waals surface area contributed by atoms with Crippen molar-refractivity contribution in [2.45, 2.75) is 32.1 Å². The number of amides is 1. The van der Waals surface area contributed by atoms with Gasteiger partial charge in [-0.2, -0.15) is 0 Å². The molecule has 2 aromatic heterocycles. The largest absolute Gasteiger partial charge is 0.301 e. The van der Waals surface area contributed by atoms with Gasteiger partial charge in [0.15, 0.2) is 0 Å². The Labute approximate surface area is 133 Å². The maximum atomic E-state index is 10.9. The lowest BCUT2D eigenvalue weighted by atomic mass is 10.1.